The highest BCUT2D eigenvalue weighted by atomic mass is 79.9. The van der Waals surface area contributed by atoms with Gasteiger partial charge in [0.15, 0.2) is 0 Å². The van der Waals surface area contributed by atoms with Gasteiger partial charge in [0.25, 0.3) is 0 Å². The van der Waals surface area contributed by atoms with E-state index in [2.05, 4.69) is 26.0 Å². The molecule has 0 fully saturated rings. The number of methoxy groups -OCH3 is 2. The number of sulfonamides is 1. The van der Waals surface area contributed by atoms with Crippen LogP contribution < -0.4 is 19.5 Å². The van der Waals surface area contributed by atoms with E-state index in [1.807, 2.05) is 0 Å². The van der Waals surface area contributed by atoms with E-state index in [9.17, 15) is 13.2 Å². The number of benzene rings is 2. The summed E-state index contributed by atoms with van der Waals surface area (Å²) in [5.41, 5.74) is 0.413. The molecule has 0 aromatic heterocycles. The van der Waals surface area contributed by atoms with Crippen molar-refractivity contribution < 1.29 is 22.7 Å². The molecule has 0 radical (unpaired) electrons. The van der Waals surface area contributed by atoms with Crippen LogP contribution in [0.5, 0.6) is 11.5 Å². The van der Waals surface area contributed by atoms with Gasteiger partial charge in [0.2, 0.25) is 15.9 Å². The van der Waals surface area contributed by atoms with Crippen LogP contribution in [0.15, 0.2) is 51.8 Å². The van der Waals surface area contributed by atoms with E-state index in [-0.39, 0.29) is 4.90 Å². The summed E-state index contributed by atoms with van der Waals surface area (Å²) < 4.78 is 37.6. The molecule has 0 spiro atoms. The number of hydrogen-bond donors (Lipinski definition) is 2. The van der Waals surface area contributed by atoms with E-state index in [4.69, 9.17) is 9.47 Å². The SMILES string of the molecule is COc1ccc(NC(=O)CNS(=O)(=O)c2ccc(Br)cc2)c(OC)c1. The number of amides is 1. The molecule has 9 heteroatoms. The first-order valence-electron chi connectivity index (χ1n) is 7.13. The van der Waals surface area contributed by atoms with Gasteiger partial charge in [-0.3, -0.25) is 4.79 Å². The third kappa shape index (κ3) is 5.18. The maximum absolute atomic E-state index is 12.2. The van der Waals surface area contributed by atoms with Crippen LogP contribution in [0.25, 0.3) is 0 Å². The fourth-order valence-corrected chi connectivity index (χ4v) is 3.20. The predicted molar refractivity (Wildman–Crippen MR) is 97.5 cm³/mol. The molecule has 2 aromatic carbocycles. The van der Waals surface area contributed by atoms with Crippen LogP contribution in [0.1, 0.15) is 0 Å². The van der Waals surface area contributed by atoms with Crippen molar-refractivity contribution in [2.24, 2.45) is 0 Å². The molecule has 0 saturated carbocycles. The van der Waals surface area contributed by atoms with Crippen LogP contribution in [0.2, 0.25) is 0 Å². The number of carbonyl (C=O) groups is 1. The molecule has 0 atom stereocenters. The van der Waals surface area contributed by atoms with Crippen molar-refractivity contribution in [1.29, 1.82) is 0 Å². The van der Waals surface area contributed by atoms with Gasteiger partial charge in [-0.1, -0.05) is 15.9 Å². The molecule has 0 unspecified atom stereocenters. The lowest BCUT2D eigenvalue weighted by molar-refractivity contribution is -0.115. The van der Waals surface area contributed by atoms with Crippen LogP contribution in [0.3, 0.4) is 0 Å². The quantitative estimate of drug-likeness (QED) is 0.705. The average molecular weight is 429 g/mol. The summed E-state index contributed by atoms with van der Waals surface area (Å²) in [6.07, 6.45) is 0. The van der Waals surface area contributed by atoms with Gasteiger partial charge < -0.3 is 14.8 Å². The first-order chi connectivity index (χ1) is 11.9. The third-order valence-corrected chi connectivity index (χ3v) is 5.18. The summed E-state index contributed by atoms with van der Waals surface area (Å²) in [5, 5.41) is 2.59. The fraction of sp³-hybridized carbons (Fsp3) is 0.188. The molecule has 0 aliphatic heterocycles. The molecule has 0 aliphatic carbocycles. The lowest BCUT2D eigenvalue weighted by atomic mass is 10.2. The summed E-state index contributed by atoms with van der Waals surface area (Å²) >= 11 is 3.24. The van der Waals surface area contributed by atoms with Crippen LogP contribution >= 0.6 is 15.9 Å². The Labute approximate surface area is 154 Å². The van der Waals surface area contributed by atoms with Crippen LogP contribution in [-0.4, -0.2) is 35.1 Å². The van der Waals surface area contributed by atoms with Gasteiger partial charge in [0.1, 0.15) is 11.5 Å². The summed E-state index contributed by atoms with van der Waals surface area (Å²) in [6, 6.07) is 11.0. The number of anilines is 1. The summed E-state index contributed by atoms with van der Waals surface area (Å²) in [7, 11) is -0.797. The number of hydrogen-bond acceptors (Lipinski definition) is 5. The van der Waals surface area contributed by atoms with Gasteiger partial charge in [-0.25, -0.2) is 13.1 Å². The normalized spacial score (nSPS) is 11.0. The maximum Gasteiger partial charge on any atom is 0.241 e. The monoisotopic (exact) mass is 428 g/mol. The molecule has 1 amide bonds. The Kier molecular flexibility index (Phi) is 6.40. The summed E-state index contributed by atoms with van der Waals surface area (Å²) in [4.78, 5) is 12.1. The zero-order chi connectivity index (χ0) is 18.4. The Morgan fingerprint density at radius 2 is 1.76 bits per heavy atom. The number of rotatable bonds is 7. The zero-order valence-electron chi connectivity index (χ0n) is 13.6. The third-order valence-electron chi connectivity index (χ3n) is 3.23. The molecule has 2 aromatic rings. The average Bonchev–Trinajstić information content (AvgIpc) is 2.61. The van der Waals surface area contributed by atoms with Crippen molar-refractivity contribution in [1.82, 2.24) is 4.72 Å². The zero-order valence-corrected chi connectivity index (χ0v) is 16.0. The highest BCUT2D eigenvalue weighted by Crippen LogP contribution is 2.28. The van der Waals surface area contributed by atoms with Crippen molar-refractivity contribution >= 4 is 37.5 Å². The Bertz CT molecular complexity index is 853. The molecular formula is C16H17BrN2O5S. The molecule has 0 saturated heterocycles. The van der Waals surface area contributed by atoms with E-state index in [1.54, 1.807) is 30.3 Å². The Balaban J connectivity index is 2.02. The Morgan fingerprint density at radius 3 is 2.36 bits per heavy atom. The van der Waals surface area contributed by atoms with Crippen LogP contribution in [0.4, 0.5) is 5.69 Å². The summed E-state index contributed by atoms with van der Waals surface area (Å²) in [6.45, 7) is -0.409. The topological polar surface area (TPSA) is 93.7 Å². The smallest absolute Gasteiger partial charge is 0.241 e. The molecule has 25 heavy (non-hydrogen) atoms. The Hall–Kier alpha value is -2.10. The van der Waals surface area contributed by atoms with Gasteiger partial charge in [-0.2, -0.15) is 0 Å². The molecular weight excluding hydrogens is 412 g/mol. The van der Waals surface area contributed by atoms with Gasteiger partial charge in [0.05, 0.1) is 31.3 Å². The van der Waals surface area contributed by atoms with Gasteiger partial charge in [-0.15, -0.1) is 0 Å². The van der Waals surface area contributed by atoms with Crippen molar-refractivity contribution in [3.05, 3.63) is 46.9 Å². The Morgan fingerprint density at radius 1 is 1.08 bits per heavy atom. The first-order valence-corrected chi connectivity index (χ1v) is 9.40. The van der Waals surface area contributed by atoms with Crippen LogP contribution in [0, 0.1) is 0 Å². The second-order valence-electron chi connectivity index (χ2n) is 4.89. The molecule has 0 bridgehead atoms. The predicted octanol–water partition coefficient (Wildman–Crippen LogP) is 2.38. The molecule has 7 nitrogen and oxygen atoms in total. The van der Waals surface area contributed by atoms with E-state index >= 15 is 0 Å². The minimum absolute atomic E-state index is 0.0746. The van der Waals surface area contributed by atoms with Crippen molar-refractivity contribution in [2.75, 3.05) is 26.1 Å². The molecule has 0 aliphatic rings. The lowest BCUT2D eigenvalue weighted by Gasteiger charge is -2.12. The number of ether oxygens (including phenoxy) is 2. The highest BCUT2D eigenvalue weighted by Gasteiger charge is 2.16. The van der Waals surface area contributed by atoms with Crippen molar-refractivity contribution in [3.8, 4) is 11.5 Å². The fourth-order valence-electron chi connectivity index (χ4n) is 1.95. The van der Waals surface area contributed by atoms with Gasteiger partial charge in [0, 0.05) is 10.5 Å². The molecule has 0 heterocycles. The second-order valence-corrected chi connectivity index (χ2v) is 7.58. The summed E-state index contributed by atoms with van der Waals surface area (Å²) in [5.74, 6) is 0.457. The highest BCUT2D eigenvalue weighted by molar-refractivity contribution is 9.10. The standard InChI is InChI=1S/C16H17BrN2O5S/c1-23-12-5-8-14(15(9-12)24-2)19-16(20)10-18-25(21,22)13-6-3-11(17)4-7-13/h3-9,18H,10H2,1-2H3,(H,19,20). The number of nitrogens with one attached hydrogen (secondary N) is 2. The maximum atomic E-state index is 12.2. The van der Waals surface area contributed by atoms with E-state index in [0.29, 0.717) is 17.2 Å². The molecule has 2 rings (SSSR count). The number of carbonyl (C=O) groups excluding carboxylic acids is 1. The van der Waals surface area contributed by atoms with Gasteiger partial charge >= 0.3 is 0 Å². The van der Waals surface area contributed by atoms with Crippen molar-refractivity contribution in [3.63, 3.8) is 0 Å². The van der Waals surface area contributed by atoms with Crippen LogP contribution in [-0.2, 0) is 14.8 Å². The largest absolute Gasteiger partial charge is 0.497 e. The lowest BCUT2D eigenvalue weighted by Crippen LogP contribution is -2.33. The minimum Gasteiger partial charge on any atom is -0.497 e. The van der Waals surface area contributed by atoms with E-state index in [1.165, 1.54) is 26.4 Å². The van der Waals surface area contributed by atoms with E-state index < -0.39 is 22.5 Å². The number of halogens is 1. The molecule has 134 valence electrons. The molecule has 2 N–H and O–H groups in total. The second kappa shape index (κ2) is 8.32. The van der Waals surface area contributed by atoms with Crippen molar-refractivity contribution in [2.45, 2.75) is 4.90 Å². The van der Waals surface area contributed by atoms with Gasteiger partial charge in [-0.05, 0) is 36.4 Å². The minimum atomic E-state index is -3.77. The first kappa shape index (κ1) is 19.2. The van der Waals surface area contributed by atoms with E-state index in [0.717, 1.165) is 4.47 Å².